The molecule has 0 aliphatic carbocycles. The van der Waals surface area contributed by atoms with Crippen LogP contribution >= 0.6 is 0 Å². The molecule has 1 N–H and O–H groups in total. The fourth-order valence-electron chi connectivity index (χ4n) is 2.97. The largest absolute Gasteiger partial charge is 0.383 e. The van der Waals surface area contributed by atoms with Gasteiger partial charge in [-0.25, -0.2) is 9.50 Å². The quantitative estimate of drug-likeness (QED) is 0.606. The van der Waals surface area contributed by atoms with E-state index in [9.17, 15) is 0 Å². The lowest BCUT2D eigenvalue weighted by Crippen LogP contribution is -2.22. The maximum absolute atomic E-state index is 5.13. The Hall–Kier alpha value is -2.99. The van der Waals surface area contributed by atoms with Crippen LogP contribution in [0.25, 0.3) is 27.5 Å². The molecular weight excluding hydrogens is 314 g/mol. The maximum Gasteiger partial charge on any atom is 0.241 e. The van der Waals surface area contributed by atoms with Crippen LogP contribution in [-0.2, 0) is 4.74 Å². The predicted octanol–water partition coefficient (Wildman–Crippen LogP) is 3.39. The number of hydrogen-bond donors (Lipinski definition) is 1. The van der Waals surface area contributed by atoms with Crippen molar-refractivity contribution in [1.82, 2.24) is 19.6 Å². The predicted molar refractivity (Wildman–Crippen MR) is 98.7 cm³/mol. The first-order valence-electron chi connectivity index (χ1n) is 8.19. The van der Waals surface area contributed by atoms with Gasteiger partial charge in [-0.3, -0.25) is 4.98 Å². The Labute approximate surface area is 145 Å². The average Bonchev–Trinajstić information content (AvgIpc) is 3.04. The highest BCUT2D eigenvalue weighted by Gasteiger charge is 2.10. The summed E-state index contributed by atoms with van der Waals surface area (Å²) < 4.78 is 6.98. The summed E-state index contributed by atoms with van der Waals surface area (Å²) in [6.07, 6.45) is 5.60. The van der Waals surface area contributed by atoms with Crippen LogP contribution in [0.2, 0.25) is 0 Å². The Morgan fingerprint density at radius 3 is 3.00 bits per heavy atom. The highest BCUT2D eigenvalue weighted by molar-refractivity contribution is 5.88. The van der Waals surface area contributed by atoms with Crippen molar-refractivity contribution in [2.45, 2.75) is 13.0 Å². The Kier molecular flexibility index (Phi) is 4.03. The lowest BCUT2D eigenvalue weighted by atomic mass is 10.0. The number of benzene rings is 1. The summed E-state index contributed by atoms with van der Waals surface area (Å²) in [5.74, 6) is 0.585. The lowest BCUT2D eigenvalue weighted by Gasteiger charge is -2.12. The molecule has 0 unspecified atom stereocenters. The number of pyridine rings is 1. The van der Waals surface area contributed by atoms with Crippen LogP contribution in [0.1, 0.15) is 6.92 Å². The number of anilines is 1. The molecule has 25 heavy (non-hydrogen) atoms. The van der Waals surface area contributed by atoms with Gasteiger partial charge in [0.1, 0.15) is 0 Å². The molecule has 4 aromatic rings. The minimum Gasteiger partial charge on any atom is -0.383 e. The first-order chi connectivity index (χ1) is 12.2. The zero-order valence-corrected chi connectivity index (χ0v) is 14.2. The van der Waals surface area contributed by atoms with Crippen molar-refractivity contribution in [1.29, 1.82) is 0 Å². The molecule has 0 radical (unpaired) electrons. The minimum absolute atomic E-state index is 0.144. The van der Waals surface area contributed by atoms with E-state index >= 15 is 0 Å². The summed E-state index contributed by atoms with van der Waals surface area (Å²) in [6.45, 7) is 2.63. The molecule has 3 heterocycles. The van der Waals surface area contributed by atoms with E-state index in [1.807, 2.05) is 42.2 Å². The van der Waals surface area contributed by atoms with Crippen LogP contribution in [0.15, 0.2) is 55.0 Å². The van der Waals surface area contributed by atoms with Crippen LogP contribution in [0.3, 0.4) is 0 Å². The van der Waals surface area contributed by atoms with Crippen molar-refractivity contribution in [3.05, 3.63) is 55.0 Å². The molecule has 0 spiro atoms. The van der Waals surface area contributed by atoms with Crippen LogP contribution < -0.4 is 5.32 Å². The molecule has 0 saturated carbocycles. The van der Waals surface area contributed by atoms with Crippen LogP contribution in [0.4, 0.5) is 5.95 Å². The number of nitrogens with one attached hydrogen (secondary N) is 1. The van der Waals surface area contributed by atoms with Crippen molar-refractivity contribution in [2.24, 2.45) is 0 Å². The van der Waals surface area contributed by atoms with Crippen molar-refractivity contribution in [3.8, 4) is 11.1 Å². The van der Waals surface area contributed by atoms with Gasteiger partial charge in [-0.05, 0) is 36.8 Å². The van der Waals surface area contributed by atoms with Crippen LogP contribution in [-0.4, -0.2) is 39.3 Å². The Morgan fingerprint density at radius 2 is 2.12 bits per heavy atom. The summed E-state index contributed by atoms with van der Waals surface area (Å²) in [6, 6.07) is 12.5. The second kappa shape index (κ2) is 6.49. The standard InChI is InChI=1S/C19H19N5O/c1-13(12-25-2)22-19-21-11-18-16(7-9-24(18)23-19)14-5-6-17-15(10-14)4-3-8-20-17/h3-11,13H,12H2,1-2H3,(H,22,23)/t13-/m1/s1. The number of rotatable bonds is 5. The van der Waals surface area contributed by atoms with Gasteiger partial charge in [0.05, 0.1) is 23.8 Å². The molecule has 1 aromatic carbocycles. The molecule has 0 amide bonds. The van der Waals surface area contributed by atoms with E-state index in [-0.39, 0.29) is 6.04 Å². The Bertz CT molecular complexity index is 1030. The van der Waals surface area contributed by atoms with E-state index < -0.39 is 0 Å². The number of aromatic nitrogens is 4. The molecule has 0 fully saturated rings. The van der Waals surface area contributed by atoms with Gasteiger partial charge in [0.25, 0.3) is 0 Å². The Morgan fingerprint density at radius 1 is 1.20 bits per heavy atom. The number of nitrogens with zero attached hydrogens (tertiary/aromatic N) is 4. The monoisotopic (exact) mass is 333 g/mol. The van der Waals surface area contributed by atoms with E-state index in [0.29, 0.717) is 12.6 Å². The SMILES string of the molecule is COC[C@@H](C)Nc1ncc2c(-c3ccc4ncccc4c3)ccn2n1. The first-order valence-corrected chi connectivity index (χ1v) is 8.19. The molecule has 0 aliphatic rings. The van der Waals surface area contributed by atoms with E-state index in [2.05, 4.69) is 44.6 Å². The van der Waals surface area contributed by atoms with Gasteiger partial charge in [-0.1, -0.05) is 12.1 Å². The van der Waals surface area contributed by atoms with Crippen LogP contribution in [0.5, 0.6) is 0 Å². The summed E-state index contributed by atoms with van der Waals surface area (Å²) in [5, 5.41) is 8.88. The molecule has 6 heteroatoms. The highest BCUT2D eigenvalue weighted by atomic mass is 16.5. The van der Waals surface area contributed by atoms with Gasteiger partial charge in [0, 0.05) is 36.5 Å². The fourth-order valence-corrected chi connectivity index (χ4v) is 2.97. The molecule has 3 aromatic heterocycles. The Balaban J connectivity index is 1.70. The lowest BCUT2D eigenvalue weighted by molar-refractivity contribution is 0.190. The van der Waals surface area contributed by atoms with E-state index in [0.717, 1.165) is 27.5 Å². The van der Waals surface area contributed by atoms with Gasteiger partial charge in [0.15, 0.2) is 0 Å². The van der Waals surface area contributed by atoms with Crippen LogP contribution in [0, 0.1) is 0 Å². The van der Waals surface area contributed by atoms with Crippen molar-refractivity contribution < 1.29 is 4.74 Å². The van der Waals surface area contributed by atoms with Gasteiger partial charge in [-0.15, -0.1) is 5.10 Å². The summed E-state index contributed by atoms with van der Waals surface area (Å²) in [4.78, 5) is 8.81. The average molecular weight is 333 g/mol. The topological polar surface area (TPSA) is 64.3 Å². The van der Waals surface area contributed by atoms with Crippen molar-refractivity contribution in [2.75, 3.05) is 19.0 Å². The van der Waals surface area contributed by atoms with E-state index in [1.54, 1.807) is 7.11 Å². The highest BCUT2D eigenvalue weighted by Crippen LogP contribution is 2.27. The third-order valence-electron chi connectivity index (χ3n) is 4.12. The third-order valence-corrected chi connectivity index (χ3v) is 4.12. The van der Waals surface area contributed by atoms with E-state index in [4.69, 9.17) is 4.74 Å². The second-order valence-corrected chi connectivity index (χ2v) is 6.05. The smallest absolute Gasteiger partial charge is 0.241 e. The maximum atomic E-state index is 5.13. The first kappa shape index (κ1) is 15.5. The number of methoxy groups -OCH3 is 1. The van der Waals surface area contributed by atoms with Gasteiger partial charge in [-0.2, -0.15) is 0 Å². The van der Waals surface area contributed by atoms with E-state index in [1.165, 1.54) is 0 Å². The third kappa shape index (κ3) is 3.04. The fraction of sp³-hybridized carbons (Fsp3) is 0.211. The normalized spacial score (nSPS) is 12.6. The molecule has 0 bridgehead atoms. The molecule has 0 saturated heterocycles. The summed E-state index contributed by atoms with van der Waals surface area (Å²) in [5.41, 5.74) is 4.18. The number of ether oxygens (including phenoxy) is 1. The van der Waals surface area contributed by atoms with Gasteiger partial charge in [0.2, 0.25) is 5.95 Å². The van der Waals surface area contributed by atoms with Gasteiger partial charge < -0.3 is 10.1 Å². The number of fused-ring (bicyclic) bond motifs is 2. The molecule has 4 rings (SSSR count). The summed E-state index contributed by atoms with van der Waals surface area (Å²) in [7, 11) is 1.68. The second-order valence-electron chi connectivity index (χ2n) is 6.05. The zero-order chi connectivity index (χ0) is 17.2. The van der Waals surface area contributed by atoms with Gasteiger partial charge >= 0.3 is 0 Å². The van der Waals surface area contributed by atoms with Crippen molar-refractivity contribution in [3.63, 3.8) is 0 Å². The molecule has 1 atom stereocenters. The summed E-state index contributed by atoms with van der Waals surface area (Å²) >= 11 is 0. The molecular formula is C19H19N5O. The number of hydrogen-bond acceptors (Lipinski definition) is 5. The minimum atomic E-state index is 0.144. The molecule has 6 nitrogen and oxygen atoms in total. The molecule has 126 valence electrons. The van der Waals surface area contributed by atoms with Crippen molar-refractivity contribution >= 4 is 22.4 Å². The molecule has 0 aliphatic heterocycles. The zero-order valence-electron chi connectivity index (χ0n) is 14.2.